The van der Waals surface area contributed by atoms with Crippen LogP contribution < -0.4 is 10.2 Å². The van der Waals surface area contributed by atoms with Crippen molar-refractivity contribution in [2.45, 2.75) is 38.8 Å². The Morgan fingerprint density at radius 3 is 2.72 bits per heavy atom. The third-order valence-corrected chi connectivity index (χ3v) is 5.32. The number of benzene rings is 1. The van der Waals surface area contributed by atoms with Gasteiger partial charge in [-0.15, -0.1) is 5.10 Å². The van der Waals surface area contributed by atoms with E-state index in [4.69, 9.17) is 0 Å². The summed E-state index contributed by atoms with van der Waals surface area (Å²) in [7, 11) is 0. The van der Waals surface area contributed by atoms with Gasteiger partial charge in [-0.2, -0.15) is 5.10 Å². The van der Waals surface area contributed by atoms with Gasteiger partial charge in [0.15, 0.2) is 5.82 Å². The number of nitrogens with one attached hydrogen (secondary N) is 1. The molecule has 0 amide bonds. The summed E-state index contributed by atoms with van der Waals surface area (Å²) < 4.78 is 26.1. The quantitative estimate of drug-likeness (QED) is 0.675. The number of hydrogen-bond donors (Lipinski definition) is 2. The number of aliphatic hydroxyl groups is 1. The zero-order valence-corrected chi connectivity index (χ0v) is 16.3. The summed E-state index contributed by atoms with van der Waals surface area (Å²) in [5.74, 6) is 0.551. The third kappa shape index (κ3) is 3.98. The second-order valence-corrected chi connectivity index (χ2v) is 7.45. The van der Waals surface area contributed by atoms with Gasteiger partial charge in [-0.1, -0.05) is 18.2 Å². The molecule has 0 radical (unpaired) electrons. The average molecular weight is 399 g/mol. The van der Waals surface area contributed by atoms with Gasteiger partial charge >= 0.3 is 0 Å². The number of hydrogen-bond acceptors (Lipinski definition) is 6. The monoisotopic (exact) mass is 399 g/mol. The summed E-state index contributed by atoms with van der Waals surface area (Å²) in [6.07, 6.45) is -0.324. The van der Waals surface area contributed by atoms with Gasteiger partial charge in [0.1, 0.15) is 0 Å². The minimum Gasteiger partial charge on any atom is -0.391 e. The molecule has 0 unspecified atom stereocenters. The van der Waals surface area contributed by atoms with Crippen LogP contribution in [0.15, 0.2) is 36.5 Å². The van der Waals surface area contributed by atoms with Crippen LogP contribution in [-0.2, 0) is 0 Å². The molecule has 0 bridgehead atoms. The van der Waals surface area contributed by atoms with Crippen molar-refractivity contribution in [3.05, 3.63) is 53.3 Å². The van der Waals surface area contributed by atoms with Gasteiger partial charge in [-0.05, 0) is 38.0 Å². The molecule has 8 heteroatoms. The predicted octanol–water partition coefficient (Wildman–Crippen LogP) is 4.01. The number of alkyl halides is 2. The Bertz CT molecular complexity index is 1030. The van der Waals surface area contributed by atoms with Crippen molar-refractivity contribution in [3.8, 4) is 0 Å². The molecule has 152 valence electrons. The van der Waals surface area contributed by atoms with Crippen LogP contribution in [0.3, 0.4) is 0 Å². The van der Waals surface area contributed by atoms with Crippen LogP contribution >= 0.6 is 0 Å². The lowest BCUT2D eigenvalue weighted by Crippen LogP contribution is -2.21. The molecule has 6 nitrogen and oxygen atoms in total. The molecule has 3 aromatic rings. The number of aliphatic hydroxyl groups excluding tert-OH is 1. The third-order valence-electron chi connectivity index (χ3n) is 5.32. The summed E-state index contributed by atoms with van der Waals surface area (Å²) in [5.41, 5.74) is 3.10. The second kappa shape index (κ2) is 7.87. The summed E-state index contributed by atoms with van der Waals surface area (Å²) in [4.78, 5) is 6.65. The predicted molar refractivity (Wildman–Crippen MR) is 108 cm³/mol. The fourth-order valence-corrected chi connectivity index (χ4v) is 3.66. The van der Waals surface area contributed by atoms with Crippen molar-refractivity contribution >= 4 is 22.4 Å². The zero-order valence-electron chi connectivity index (χ0n) is 16.3. The number of halogens is 2. The van der Waals surface area contributed by atoms with Crippen LogP contribution in [-0.4, -0.2) is 39.5 Å². The van der Waals surface area contributed by atoms with E-state index in [1.54, 1.807) is 12.3 Å². The smallest absolute Gasteiger partial charge is 0.263 e. The maximum atomic E-state index is 13.0. The Hall–Kier alpha value is -2.87. The maximum Gasteiger partial charge on any atom is 0.263 e. The van der Waals surface area contributed by atoms with E-state index in [0.29, 0.717) is 18.1 Å². The van der Waals surface area contributed by atoms with Crippen LogP contribution in [0.5, 0.6) is 0 Å². The van der Waals surface area contributed by atoms with E-state index >= 15 is 0 Å². The van der Waals surface area contributed by atoms with Gasteiger partial charge in [0, 0.05) is 24.0 Å². The van der Waals surface area contributed by atoms with Gasteiger partial charge in [0.25, 0.3) is 6.43 Å². The standard InChI is InChI=1S/C21H23F2N5O/c1-12(14-4-3-5-15(8-14)20(22)23)25-21-18-9-16(28-7-6-17(29)11-28)10-24-19(18)13(2)26-27-21/h3-5,8-10,12,17,20,29H,6-7,11H2,1-2H3,(H,25,27)/t12-,17+/m1/s1. The number of rotatable bonds is 5. The van der Waals surface area contributed by atoms with Crippen molar-refractivity contribution in [2.24, 2.45) is 0 Å². The van der Waals surface area contributed by atoms with E-state index in [1.165, 1.54) is 12.1 Å². The first kappa shape index (κ1) is 19.4. The van der Waals surface area contributed by atoms with Crippen molar-refractivity contribution < 1.29 is 13.9 Å². The topological polar surface area (TPSA) is 74.2 Å². The van der Waals surface area contributed by atoms with E-state index in [1.807, 2.05) is 26.0 Å². The SMILES string of the molecule is Cc1nnc(N[C@H](C)c2cccc(C(F)F)c2)c2cc(N3CC[C@H](O)C3)cnc12. The highest BCUT2D eigenvalue weighted by atomic mass is 19.3. The maximum absolute atomic E-state index is 13.0. The molecule has 0 aliphatic carbocycles. The molecule has 1 aliphatic heterocycles. The first-order valence-electron chi connectivity index (χ1n) is 9.63. The lowest BCUT2D eigenvalue weighted by Gasteiger charge is -2.20. The molecular weight excluding hydrogens is 376 g/mol. The van der Waals surface area contributed by atoms with Crippen LogP contribution in [0.25, 0.3) is 10.9 Å². The fourth-order valence-electron chi connectivity index (χ4n) is 3.66. The number of pyridine rings is 1. The summed E-state index contributed by atoms with van der Waals surface area (Å²) in [5, 5.41) is 22.4. The van der Waals surface area contributed by atoms with Crippen LogP contribution in [0.2, 0.25) is 0 Å². The Morgan fingerprint density at radius 2 is 2.00 bits per heavy atom. The van der Waals surface area contributed by atoms with Crippen molar-refractivity contribution in [1.29, 1.82) is 0 Å². The molecule has 2 aromatic heterocycles. The van der Waals surface area contributed by atoms with Crippen molar-refractivity contribution in [3.63, 3.8) is 0 Å². The molecule has 29 heavy (non-hydrogen) atoms. The Morgan fingerprint density at radius 1 is 1.21 bits per heavy atom. The number of aromatic nitrogens is 3. The van der Waals surface area contributed by atoms with E-state index in [-0.39, 0.29) is 17.7 Å². The molecule has 1 saturated heterocycles. The molecule has 1 fully saturated rings. The molecule has 0 saturated carbocycles. The molecule has 2 atom stereocenters. The Labute approximate surface area is 167 Å². The number of anilines is 2. The average Bonchev–Trinajstić information content (AvgIpc) is 3.16. The lowest BCUT2D eigenvalue weighted by atomic mass is 10.0. The van der Waals surface area contributed by atoms with Crippen LogP contribution in [0, 0.1) is 6.92 Å². The summed E-state index contributed by atoms with van der Waals surface area (Å²) in [6, 6.07) is 8.11. The second-order valence-electron chi connectivity index (χ2n) is 7.45. The summed E-state index contributed by atoms with van der Waals surface area (Å²) >= 11 is 0. The molecular formula is C21H23F2N5O. The van der Waals surface area contributed by atoms with Gasteiger partial charge in [-0.25, -0.2) is 8.78 Å². The highest BCUT2D eigenvalue weighted by molar-refractivity contribution is 5.92. The van der Waals surface area contributed by atoms with E-state index < -0.39 is 6.43 Å². The highest BCUT2D eigenvalue weighted by Crippen LogP contribution is 2.30. The van der Waals surface area contributed by atoms with E-state index in [2.05, 4.69) is 25.4 Å². The van der Waals surface area contributed by atoms with E-state index in [0.717, 1.165) is 35.1 Å². The normalized spacial score (nSPS) is 17.9. The van der Waals surface area contributed by atoms with Crippen molar-refractivity contribution in [1.82, 2.24) is 15.2 Å². The Kier molecular flexibility index (Phi) is 5.27. The minimum absolute atomic E-state index is 0.00691. The van der Waals surface area contributed by atoms with Gasteiger partial charge < -0.3 is 15.3 Å². The number of β-amino-alcohol motifs (C(OH)–C–C–N with tert-alkyl or cyclic N) is 1. The largest absolute Gasteiger partial charge is 0.391 e. The minimum atomic E-state index is -2.51. The van der Waals surface area contributed by atoms with Crippen LogP contribution in [0.4, 0.5) is 20.3 Å². The van der Waals surface area contributed by atoms with Gasteiger partial charge in [0.2, 0.25) is 0 Å². The number of aryl methyl sites for hydroxylation is 1. The zero-order chi connectivity index (χ0) is 20.5. The molecule has 3 heterocycles. The lowest BCUT2D eigenvalue weighted by molar-refractivity contribution is 0.151. The van der Waals surface area contributed by atoms with Gasteiger partial charge in [0.05, 0.1) is 35.2 Å². The van der Waals surface area contributed by atoms with E-state index in [9.17, 15) is 13.9 Å². The number of fused-ring (bicyclic) bond motifs is 1. The first-order valence-corrected chi connectivity index (χ1v) is 9.63. The summed E-state index contributed by atoms with van der Waals surface area (Å²) in [6.45, 7) is 5.09. The van der Waals surface area contributed by atoms with Crippen molar-refractivity contribution in [2.75, 3.05) is 23.3 Å². The fraction of sp³-hybridized carbons (Fsp3) is 0.381. The molecule has 1 aliphatic rings. The van der Waals surface area contributed by atoms with Gasteiger partial charge in [-0.3, -0.25) is 4.98 Å². The highest BCUT2D eigenvalue weighted by Gasteiger charge is 2.22. The molecule has 2 N–H and O–H groups in total. The Balaban J connectivity index is 1.67. The molecule has 0 spiro atoms. The van der Waals surface area contributed by atoms with Crippen LogP contribution in [0.1, 0.15) is 42.6 Å². The molecule has 1 aromatic carbocycles. The first-order chi connectivity index (χ1) is 13.9. The number of nitrogens with zero attached hydrogens (tertiary/aromatic N) is 4. The molecule has 4 rings (SSSR count).